The first-order chi connectivity index (χ1) is 7.69. The van der Waals surface area contributed by atoms with Gasteiger partial charge in [-0.15, -0.1) is 12.3 Å². The topological polar surface area (TPSA) is 69.4 Å². The Kier molecular flexibility index (Phi) is 4.04. The number of carbonyl (C=O) groups excluding carboxylic acids is 1. The first kappa shape index (κ1) is 11.7. The van der Waals surface area contributed by atoms with E-state index in [-0.39, 0.29) is 18.0 Å². The molecule has 0 aromatic heterocycles. The highest BCUT2D eigenvalue weighted by atomic mass is 16.6. The third-order valence-electron chi connectivity index (χ3n) is 1.82. The lowest BCUT2D eigenvalue weighted by atomic mass is 10.2. The first-order valence-electron chi connectivity index (χ1n) is 4.49. The lowest BCUT2D eigenvalue weighted by Gasteiger charge is -2.05. The minimum absolute atomic E-state index is 0.0600. The van der Waals surface area contributed by atoms with Gasteiger partial charge in [-0.25, -0.2) is 0 Å². The Bertz CT molecular complexity index is 448. The minimum Gasteiger partial charge on any atom is -0.486 e. The van der Waals surface area contributed by atoms with Crippen LogP contribution in [0.2, 0.25) is 0 Å². The molecular weight excluding hydrogens is 210 g/mol. The Morgan fingerprint density at radius 2 is 2.31 bits per heavy atom. The predicted molar refractivity (Wildman–Crippen MR) is 57.4 cm³/mol. The summed E-state index contributed by atoms with van der Waals surface area (Å²) in [5, 5.41) is 10.7. The summed E-state index contributed by atoms with van der Waals surface area (Å²) in [5.41, 5.74) is 0.143. The van der Waals surface area contributed by atoms with Crippen LogP contribution in [0.3, 0.4) is 0 Å². The maximum Gasteiger partial charge on any atom is 0.310 e. The molecule has 0 radical (unpaired) electrons. The summed E-state index contributed by atoms with van der Waals surface area (Å²) in [6, 6.07) is 3.91. The summed E-state index contributed by atoms with van der Waals surface area (Å²) in [6.07, 6.45) is 5.97. The Morgan fingerprint density at radius 1 is 1.56 bits per heavy atom. The number of nitro groups is 1. The van der Waals surface area contributed by atoms with Gasteiger partial charge in [-0.1, -0.05) is 0 Å². The average Bonchev–Trinajstić information content (AvgIpc) is 2.29. The molecule has 0 spiro atoms. The number of terminal acetylenes is 1. The molecule has 0 aliphatic carbocycles. The normalized spacial score (nSPS) is 9.19. The smallest absolute Gasteiger partial charge is 0.310 e. The second-order valence-electron chi connectivity index (χ2n) is 2.90. The molecule has 0 bridgehead atoms. The van der Waals surface area contributed by atoms with Crippen LogP contribution in [-0.4, -0.2) is 17.8 Å². The van der Waals surface area contributed by atoms with Gasteiger partial charge in [-0.3, -0.25) is 14.9 Å². The van der Waals surface area contributed by atoms with Gasteiger partial charge in [0.1, 0.15) is 6.29 Å². The first-order valence-corrected chi connectivity index (χ1v) is 4.49. The fourth-order valence-electron chi connectivity index (χ4n) is 1.09. The molecule has 0 amide bonds. The number of hydrogen-bond donors (Lipinski definition) is 0. The number of rotatable bonds is 5. The molecule has 0 saturated heterocycles. The second kappa shape index (κ2) is 5.51. The van der Waals surface area contributed by atoms with E-state index in [2.05, 4.69) is 5.92 Å². The molecule has 0 unspecified atom stereocenters. The number of aldehydes is 1. The fourth-order valence-corrected chi connectivity index (χ4v) is 1.09. The summed E-state index contributed by atoms with van der Waals surface area (Å²) in [7, 11) is 0. The van der Waals surface area contributed by atoms with Crippen LogP contribution >= 0.6 is 0 Å². The summed E-state index contributed by atoms with van der Waals surface area (Å²) >= 11 is 0. The molecule has 1 rings (SSSR count). The van der Waals surface area contributed by atoms with E-state index in [0.717, 1.165) is 0 Å². The highest BCUT2D eigenvalue weighted by Crippen LogP contribution is 2.27. The molecule has 0 aliphatic rings. The molecule has 5 heteroatoms. The average molecular weight is 219 g/mol. The van der Waals surface area contributed by atoms with Gasteiger partial charge in [0.15, 0.2) is 5.75 Å². The number of ether oxygens (including phenoxy) is 1. The molecule has 0 N–H and O–H groups in total. The maximum atomic E-state index is 10.7. The van der Waals surface area contributed by atoms with Crippen LogP contribution in [0.15, 0.2) is 18.2 Å². The maximum absolute atomic E-state index is 10.7. The number of hydrogen-bond acceptors (Lipinski definition) is 4. The van der Waals surface area contributed by atoms with Crippen molar-refractivity contribution in [3.05, 3.63) is 33.9 Å². The van der Waals surface area contributed by atoms with E-state index in [4.69, 9.17) is 11.2 Å². The SMILES string of the molecule is C#CCCOc1cc(C=O)ccc1[N+](=O)[O-]. The summed E-state index contributed by atoms with van der Waals surface area (Å²) < 4.78 is 5.14. The Balaban J connectivity index is 2.96. The van der Waals surface area contributed by atoms with E-state index >= 15 is 0 Å². The Morgan fingerprint density at radius 3 is 2.88 bits per heavy atom. The number of benzene rings is 1. The molecule has 0 aliphatic heterocycles. The van der Waals surface area contributed by atoms with Crippen molar-refractivity contribution < 1.29 is 14.5 Å². The van der Waals surface area contributed by atoms with Crippen LogP contribution in [0.25, 0.3) is 0 Å². The van der Waals surface area contributed by atoms with Crippen molar-refractivity contribution >= 4 is 12.0 Å². The monoisotopic (exact) mass is 219 g/mol. The van der Waals surface area contributed by atoms with Crippen LogP contribution in [0.5, 0.6) is 5.75 Å². The van der Waals surface area contributed by atoms with Crippen LogP contribution < -0.4 is 4.74 Å². The van der Waals surface area contributed by atoms with Crippen molar-refractivity contribution in [2.24, 2.45) is 0 Å². The fraction of sp³-hybridized carbons (Fsp3) is 0.182. The predicted octanol–water partition coefficient (Wildman–Crippen LogP) is 1.81. The third kappa shape index (κ3) is 2.82. The molecule has 0 fully saturated rings. The molecule has 82 valence electrons. The van der Waals surface area contributed by atoms with E-state index in [1.165, 1.54) is 18.2 Å². The lowest BCUT2D eigenvalue weighted by Crippen LogP contribution is -2.00. The van der Waals surface area contributed by atoms with Crippen molar-refractivity contribution in [1.82, 2.24) is 0 Å². The van der Waals surface area contributed by atoms with E-state index in [1.54, 1.807) is 0 Å². The zero-order valence-electron chi connectivity index (χ0n) is 8.38. The Labute approximate surface area is 92.2 Å². The van der Waals surface area contributed by atoms with Crippen molar-refractivity contribution in [2.45, 2.75) is 6.42 Å². The van der Waals surface area contributed by atoms with E-state index in [1.807, 2.05) is 0 Å². The second-order valence-corrected chi connectivity index (χ2v) is 2.90. The van der Waals surface area contributed by atoms with Gasteiger partial charge in [0, 0.05) is 18.1 Å². The van der Waals surface area contributed by atoms with Crippen LogP contribution in [0, 0.1) is 22.5 Å². The third-order valence-corrected chi connectivity index (χ3v) is 1.82. The largest absolute Gasteiger partial charge is 0.486 e. The molecule has 16 heavy (non-hydrogen) atoms. The minimum atomic E-state index is -0.570. The van der Waals surface area contributed by atoms with E-state index in [9.17, 15) is 14.9 Å². The standard InChI is InChI=1S/C11H9NO4/c1-2-3-6-16-11-7-9(8-13)4-5-10(11)12(14)15/h1,4-5,7-8H,3,6H2. The van der Waals surface area contributed by atoms with Gasteiger partial charge in [-0.2, -0.15) is 0 Å². The quantitative estimate of drug-likeness (QED) is 0.249. The van der Waals surface area contributed by atoms with Crippen LogP contribution in [0.4, 0.5) is 5.69 Å². The molecule has 0 atom stereocenters. The van der Waals surface area contributed by atoms with Crippen molar-refractivity contribution in [1.29, 1.82) is 0 Å². The Hall–Kier alpha value is -2.35. The highest BCUT2D eigenvalue weighted by molar-refractivity contribution is 5.76. The van der Waals surface area contributed by atoms with Crippen molar-refractivity contribution in [3.63, 3.8) is 0 Å². The molecular formula is C11H9NO4. The molecule has 0 saturated carbocycles. The number of nitrogens with zero attached hydrogens (tertiary/aromatic N) is 1. The van der Waals surface area contributed by atoms with Gasteiger partial charge >= 0.3 is 5.69 Å². The van der Waals surface area contributed by atoms with Crippen molar-refractivity contribution in [2.75, 3.05) is 6.61 Å². The van der Waals surface area contributed by atoms with Crippen molar-refractivity contribution in [3.8, 4) is 18.1 Å². The molecule has 1 aromatic carbocycles. The van der Waals surface area contributed by atoms with E-state index in [0.29, 0.717) is 18.3 Å². The van der Waals surface area contributed by atoms with Gasteiger partial charge < -0.3 is 4.74 Å². The molecule has 5 nitrogen and oxygen atoms in total. The van der Waals surface area contributed by atoms with Crippen LogP contribution in [-0.2, 0) is 0 Å². The summed E-state index contributed by atoms with van der Waals surface area (Å²) in [4.78, 5) is 20.6. The summed E-state index contributed by atoms with van der Waals surface area (Å²) in [6.45, 7) is 0.180. The zero-order chi connectivity index (χ0) is 12.0. The number of nitro benzene ring substituents is 1. The number of carbonyl (C=O) groups is 1. The lowest BCUT2D eigenvalue weighted by molar-refractivity contribution is -0.385. The zero-order valence-corrected chi connectivity index (χ0v) is 8.38. The van der Waals surface area contributed by atoms with Gasteiger partial charge in [-0.05, 0) is 12.1 Å². The van der Waals surface area contributed by atoms with Gasteiger partial charge in [0.2, 0.25) is 0 Å². The summed E-state index contributed by atoms with van der Waals surface area (Å²) in [5.74, 6) is 2.41. The highest BCUT2D eigenvalue weighted by Gasteiger charge is 2.15. The van der Waals surface area contributed by atoms with Gasteiger partial charge in [0.25, 0.3) is 0 Å². The molecule has 1 aromatic rings. The van der Waals surface area contributed by atoms with E-state index < -0.39 is 4.92 Å². The molecule has 0 heterocycles. The van der Waals surface area contributed by atoms with Crippen LogP contribution in [0.1, 0.15) is 16.8 Å². The van der Waals surface area contributed by atoms with Gasteiger partial charge in [0.05, 0.1) is 11.5 Å².